The summed E-state index contributed by atoms with van der Waals surface area (Å²) in [5.74, 6) is -1.36. The molecule has 90 valence electrons. The summed E-state index contributed by atoms with van der Waals surface area (Å²) in [6.07, 6.45) is -4.42. The lowest BCUT2D eigenvalue weighted by molar-refractivity contribution is -0.254. The first-order valence-electron chi connectivity index (χ1n) is 4.62. The molecule has 0 aliphatic rings. The normalized spacial score (nSPS) is 12.0. The lowest BCUT2D eigenvalue weighted by atomic mass is 10.1. The molecule has 0 aliphatic heterocycles. The van der Waals surface area contributed by atoms with Gasteiger partial charge in [-0.15, -0.1) is 11.3 Å². The second-order valence-corrected chi connectivity index (χ2v) is 4.60. The van der Waals surface area contributed by atoms with E-state index in [4.69, 9.17) is 0 Å². The van der Waals surface area contributed by atoms with E-state index in [9.17, 15) is 23.1 Å². The Kier molecular flexibility index (Phi) is 2.61. The van der Waals surface area contributed by atoms with Crippen LogP contribution in [0.25, 0.3) is 10.1 Å². The SMILES string of the molecule is Cc1c(C(=O)[O-])sc2cc(C(F)(F)F)ccc12. The number of aromatic carboxylic acids is 1. The first-order chi connectivity index (χ1) is 7.80. The molecule has 6 heteroatoms. The average Bonchev–Trinajstić information content (AvgIpc) is 2.54. The minimum absolute atomic E-state index is 0.0284. The largest absolute Gasteiger partial charge is 0.544 e. The number of hydrogen-bond acceptors (Lipinski definition) is 3. The summed E-state index contributed by atoms with van der Waals surface area (Å²) in [6, 6.07) is 3.19. The molecular weight excluding hydrogens is 253 g/mol. The smallest absolute Gasteiger partial charge is 0.416 e. The topological polar surface area (TPSA) is 40.1 Å². The first-order valence-corrected chi connectivity index (χ1v) is 5.44. The Labute approximate surface area is 98.3 Å². The van der Waals surface area contributed by atoms with E-state index in [1.807, 2.05) is 0 Å². The van der Waals surface area contributed by atoms with Crippen LogP contribution in [0.2, 0.25) is 0 Å². The molecule has 2 aromatic rings. The van der Waals surface area contributed by atoms with Crippen LogP contribution >= 0.6 is 11.3 Å². The predicted molar refractivity (Wildman–Crippen MR) is 55.9 cm³/mol. The number of thiophene rings is 1. The van der Waals surface area contributed by atoms with Gasteiger partial charge >= 0.3 is 6.18 Å². The average molecular weight is 259 g/mol. The van der Waals surface area contributed by atoms with E-state index < -0.39 is 17.7 Å². The fourth-order valence-corrected chi connectivity index (χ4v) is 2.68. The number of carboxylic acid groups (broad SMARTS) is 1. The molecule has 0 radical (unpaired) electrons. The molecule has 0 fully saturated rings. The Morgan fingerprint density at radius 1 is 1.35 bits per heavy atom. The lowest BCUT2D eigenvalue weighted by Crippen LogP contribution is -2.21. The van der Waals surface area contributed by atoms with Gasteiger partial charge in [0.1, 0.15) is 0 Å². The Morgan fingerprint density at radius 3 is 2.53 bits per heavy atom. The van der Waals surface area contributed by atoms with Gasteiger partial charge in [-0.3, -0.25) is 0 Å². The Balaban J connectivity index is 2.68. The molecule has 0 aliphatic carbocycles. The molecule has 0 amide bonds. The molecule has 0 atom stereocenters. The summed E-state index contributed by atoms with van der Waals surface area (Å²) >= 11 is 0.800. The van der Waals surface area contributed by atoms with Crippen LogP contribution in [-0.2, 0) is 6.18 Å². The number of halogens is 3. The highest BCUT2D eigenvalue weighted by Gasteiger charge is 2.30. The molecule has 2 rings (SSSR count). The van der Waals surface area contributed by atoms with Crippen molar-refractivity contribution in [2.75, 3.05) is 0 Å². The number of carboxylic acids is 1. The molecule has 17 heavy (non-hydrogen) atoms. The quantitative estimate of drug-likeness (QED) is 0.789. The van der Waals surface area contributed by atoms with Gasteiger partial charge < -0.3 is 9.90 Å². The van der Waals surface area contributed by atoms with Crippen LogP contribution < -0.4 is 5.11 Å². The molecule has 0 spiro atoms. The molecule has 0 bridgehead atoms. The van der Waals surface area contributed by atoms with Gasteiger partial charge in [-0.05, 0) is 30.0 Å². The fraction of sp³-hybridized carbons (Fsp3) is 0.182. The summed E-state index contributed by atoms with van der Waals surface area (Å²) in [4.78, 5) is 10.7. The van der Waals surface area contributed by atoms with Crippen LogP contribution in [0.3, 0.4) is 0 Å². The standard InChI is InChI=1S/C11H7F3O2S/c1-5-7-3-2-6(11(12,13)14)4-8(7)17-9(5)10(15)16/h2-4H,1H3,(H,15,16)/p-1. The number of carbonyl (C=O) groups is 1. The van der Waals surface area contributed by atoms with Gasteiger partial charge in [0.05, 0.1) is 16.4 Å². The number of aryl methyl sites for hydroxylation is 1. The number of benzene rings is 1. The van der Waals surface area contributed by atoms with Crippen LogP contribution in [0.4, 0.5) is 13.2 Å². The fourth-order valence-electron chi connectivity index (χ4n) is 1.60. The Hall–Kier alpha value is -1.56. The summed E-state index contributed by atoms with van der Waals surface area (Å²) in [6.45, 7) is 1.55. The number of fused-ring (bicyclic) bond motifs is 1. The molecule has 1 aromatic heterocycles. The summed E-state index contributed by atoms with van der Waals surface area (Å²) in [7, 11) is 0. The van der Waals surface area contributed by atoms with Crippen molar-refractivity contribution in [3.8, 4) is 0 Å². The zero-order valence-corrected chi connectivity index (χ0v) is 9.41. The van der Waals surface area contributed by atoms with Crippen molar-refractivity contribution in [1.82, 2.24) is 0 Å². The molecule has 0 saturated carbocycles. The van der Waals surface area contributed by atoms with Gasteiger partial charge in [-0.1, -0.05) is 6.07 Å². The highest BCUT2D eigenvalue weighted by molar-refractivity contribution is 7.21. The molecule has 1 heterocycles. The summed E-state index contributed by atoms with van der Waals surface area (Å²) in [5, 5.41) is 11.3. The van der Waals surface area contributed by atoms with Crippen molar-refractivity contribution in [1.29, 1.82) is 0 Å². The van der Waals surface area contributed by atoms with Gasteiger partial charge in [0.15, 0.2) is 0 Å². The van der Waals surface area contributed by atoms with Crippen LogP contribution in [0.15, 0.2) is 18.2 Å². The highest BCUT2D eigenvalue weighted by Crippen LogP contribution is 2.36. The van der Waals surface area contributed by atoms with Crippen molar-refractivity contribution < 1.29 is 23.1 Å². The van der Waals surface area contributed by atoms with Gasteiger partial charge in [-0.25, -0.2) is 0 Å². The third-order valence-electron chi connectivity index (χ3n) is 2.45. The molecular formula is C11H6F3O2S-. The van der Waals surface area contributed by atoms with Crippen molar-refractivity contribution >= 4 is 27.4 Å². The molecule has 0 unspecified atom stereocenters. The molecule has 0 saturated heterocycles. The second-order valence-electron chi connectivity index (χ2n) is 3.55. The van der Waals surface area contributed by atoms with Gasteiger partial charge in [0, 0.05) is 4.70 Å². The van der Waals surface area contributed by atoms with Crippen molar-refractivity contribution in [2.24, 2.45) is 0 Å². The maximum atomic E-state index is 12.5. The van der Waals surface area contributed by atoms with E-state index in [1.54, 1.807) is 6.92 Å². The van der Waals surface area contributed by atoms with E-state index in [2.05, 4.69) is 0 Å². The van der Waals surface area contributed by atoms with E-state index in [0.717, 1.165) is 23.5 Å². The molecule has 2 nitrogen and oxygen atoms in total. The summed E-state index contributed by atoms with van der Waals surface area (Å²) < 4.78 is 37.7. The van der Waals surface area contributed by atoms with Crippen LogP contribution in [0.5, 0.6) is 0 Å². The number of alkyl halides is 3. The first kappa shape index (κ1) is 11.9. The van der Waals surface area contributed by atoms with E-state index in [1.165, 1.54) is 6.07 Å². The molecule has 0 N–H and O–H groups in total. The predicted octanol–water partition coefficient (Wildman–Crippen LogP) is 2.59. The molecule has 1 aromatic carbocycles. The van der Waals surface area contributed by atoms with E-state index in [-0.39, 0.29) is 4.88 Å². The van der Waals surface area contributed by atoms with Crippen molar-refractivity contribution in [3.05, 3.63) is 34.2 Å². The van der Waals surface area contributed by atoms with Crippen LogP contribution in [0.1, 0.15) is 20.8 Å². The zero-order valence-electron chi connectivity index (χ0n) is 8.59. The minimum Gasteiger partial charge on any atom is -0.544 e. The maximum absolute atomic E-state index is 12.5. The van der Waals surface area contributed by atoms with Gasteiger partial charge in [-0.2, -0.15) is 13.2 Å². The highest BCUT2D eigenvalue weighted by atomic mass is 32.1. The van der Waals surface area contributed by atoms with E-state index in [0.29, 0.717) is 15.6 Å². The third-order valence-corrected chi connectivity index (χ3v) is 3.69. The third kappa shape index (κ3) is 2.00. The van der Waals surface area contributed by atoms with Crippen LogP contribution in [-0.4, -0.2) is 5.97 Å². The van der Waals surface area contributed by atoms with Crippen LogP contribution in [0, 0.1) is 6.92 Å². The van der Waals surface area contributed by atoms with Crippen molar-refractivity contribution in [2.45, 2.75) is 13.1 Å². The minimum atomic E-state index is -4.42. The zero-order chi connectivity index (χ0) is 12.8. The lowest BCUT2D eigenvalue weighted by Gasteiger charge is -2.05. The van der Waals surface area contributed by atoms with E-state index >= 15 is 0 Å². The van der Waals surface area contributed by atoms with Crippen molar-refractivity contribution in [3.63, 3.8) is 0 Å². The Bertz CT molecular complexity index is 599. The monoisotopic (exact) mass is 259 g/mol. The Morgan fingerprint density at radius 2 is 2.00 bits per heavy atom. The summed E-state index contributed by atoms with van der Waals surface area (Å²) in [5.41, 5.74) is -0.338. The second kappa shape index (κ2) is 3.73. The maximum Gasteiger partial charge on any atom is 0.416 e. The van der Waals surface area contributed by atoms with Gasteiger partial charge in [0.25, 0.3) is 0 Å². The number of carbonyl (C=O) groups excluding carboxylic acids is 1. The number of rotatable bonds is 1. The van der Waals surface area contributed by atoms with Gasteiger partial charge in [0.2, 0.25) is 0 Å². The number of hydrogen-bond donors (Lipinski definition) is 0.